The van der Waals surface area contributed by atoms with Crippen molar-refractivity contribution in [1.82, 2.24) is 9.03 Å². The molecule has 1 heterocycles. The average molecular weight is 317 g/mol. The maximum Gasteiger partial charge on any atom is 0.279 e. The van der Waals surface area contributed by atoms with E-state index in [4.69, 9.17) is 5.73 Å². The summed E-state index contributed by atoms with van der Waals surface area (Å²) < 4.78 is 28.9. The van der Waals surface area contributed by atoms with E-state index in [2.05, 4.69) is 11.6 Å². The summed E-state index contributed by atoms with van der Waals surface area (Å²) in [7, 11) is -3.29. The predicted molar refractivity (Wildman–Crippen MR) is 86.0 cm³/mol. The van der Waals surface area contributed by atoms with Crippen molar-refractivity contribution >= 4 is 10.2 Å². The number of rotatable bonds is 6. The Kier molecular flexibility index (Phi) is 6.47. The van der Waals surface area contributed by atoms with Gasteiger partial charge in [0.1, 0.15) is 0 Å². The summed E-state index contributed by atoms with van der Waals surface area (Å²) in [5, 5.41) is 0. The topological polar surface area (TPSA) is 75.4 Å². The zero-order chi connectivity index (χ0) is 15.3. The molecule has 1 aliphatic carbocycles. The maximum atomic E-state index is 12.3. The minimum absolute atomic E-state index is 0.486. The van der Waals surface area contributed by atoms with E-state index < -0.39 is 10.2 Å². The highest BCUT2D eigenvalue weighted by atomic mass is 32.2. The number of hydrogen-bond donors (Lipinski definition) is 2. The fraction of sp³-hybridized carbons (Fsp3) is 1.00. The van der Waals surface area contributed by atoms with Gasteiger partial charge in [0.25, 0.3) is 10.2 Å². The van der Waals surface area contributed by atoms with Gasteiger partial charge in [-0.2, -0.15) is 12.7 Å². The molecule has 1 aliphatic heterocycles. The molecule has 2 unspecified atom stereocenters. The first-order valence-electron chi connectivity index (χ1n) is 8.46. The molecular weight excluding hydrogens is 286 g/mol. The van der Waals surface area contributed by atoms with E-state index in [1.165, 1.54) is 25.7 Å². The molecule has 0 aromatic heterocycles. The third-order valence-corrected chi connectivity index (χ3v) is 6.74. The lowest BCUT2D eigenvalue weighted by Crippen LogP contribution is -2.46. The van der Waals surface area contributed by atoms with Gasteiger partial charge in [0, 0.05) is 19.6 Å². The van der Waals surface area contributed by atoms with Crippen LogP contribution in [0.2, 0.25) is 0 Å². The lowest BCUT2D eigenvalue weighted by molar-refractivity contribution is 0.265. The molecule has 0 amide bonds. The standard InChI is InChI=1S/C15H31N3O2S/c1-13-3-2-4-14(11-13)5-8-17-21(19,20)18-9-6-15(12-16)7-10-18/h13-15,17H,2-12,16H2,1H3. The number of hydrogen-bond acceptors (Lipinski definition) is 3. The van der Waals surface area contributed by atoms with Crippen molar-refractivity contribution in [3.8, 4) is 0 Å². The molecule has 2 rings (SSSR count). The molecule has 0 spiro atoms. The quantitative estimate of drug-likeness (QED) is 0.783. The first kappa shape index (κ1) is 17.2. The summed E-state index contributed by atoms with van der Waals surface area (Å²) in [6.07, 6.45) is 7.89. The maximum absolute atomic E-state index is 12.3. The normalized spacial score (nSPS) is 29.6. The van der Waals surface area contributed by atoms with Crippen LogP contribution in [-0.4, -0.2) is 38.9 Å². The van der Waals surface area contributed by atoms with Crippen LogP contribution in [0.1, 0.15) is 51.9 Å². The van der Waals surface area contributed by atoms with Crippen LogP contribution in [0.3, 0.4) is 0 Å². The second-order valence-corrected chi connectivity index (χ2v) is 8.66. The Morgan fingerprint density at radius 2 is 1.86 bits per heavy atom. The Morgan fingerprint density at radius 3 is 2.48 bits per heavy atom. The molecule has 5 nitrogen and oxygen atoms in total. The Hall–Kier alpha value is -0.170. The Balaban J connectivity index is 1.71. The summed E-state index contributed by atoms with van der Waals surface area (Å²) in [5.74, 6) is 1.98. The molecule has 2 atom stereocenters. The molecule has 1 saturated heterocycles. The van der Waals surface area contributed by atoms with E-state index >= 15 is 0 Å². The molecule has 1 saturated carbocycles. The van der Waals surface area contributed by atoms with Crippen LogP contribution < -0.4 is 10.5 Å². The summed E-state index contributed by atoms with van der Waals surface area (Å²) in [6.45, 7) is 4.77. The van der Waals surface area contributed by atoms with Crippen LogP contribution in [0, 0.1) is 17.8 Å². The molecule has 21 heavy (non-hydrogen) atoms. The van der Waals surface area contributed by atoms with Gasteiger partial charge in [-0.25, -0.2) is 4.72 Å². The third kappa shape index (κ3) is 5.20. The van der Waals surface area contributed by atoms with Gasteiger partial charge in [0.15, 0.2) is 0 Å². The van der Waals surface area contributed by atoms with Gasteiger partial charge >= 0.3 is 0 Å². The van der Waals surface area contributed by atoms with Crippen molar-refractivity contribution in [3.05, 3.63) is 0 Å². The zero-order valence-corrected chi connectivity index (χ0v) is 14.1. The predicted octanol–water partition coefficient (Wildman–Crippen LogP) is 1.71. The first-order valence-corrected chi connectivity index (χ1v) is 9.90. The van der Waals surface area contributed by atoms with Crippen molar-refractivity contribution in [2.45, 2.75) is 51.9 Å². The van der Waals surface area contributed by atoms with Crippen LogP contribution in [0.5, 0.6) is 0 Å². The lowest BCUT2D eigenvalue weighted by Gasteiger charge is -2.31. The molecule has 6 heteroatoms. The fourth-order valence-electron chi connectivity index (χ4n) is 3.69. The number of nitrogens with zero attached hydrogens (tertiary/aromatic N) is 1. The van der Waals surface area contributed by atoms with Crippen LogP contribution in [0.25, 0.3) is 0 Å². The van der Waals surface area contributed by atoms with Crippen LogP contribution in [0.4, 0.5) is 0 Å². The van der Waals surface area contributed by atoms with Gasteiger partial charge in [-0.15, -0.1) is 0 Å². The Labute approximate surface area is 129 Å². The van der Waals surface area contributed by atoms with Crippen molar-refractivity contribution in [2.24, 2.45) is 23.5 Å². The molecule has 0 aromatic rings. The van der Waals surface area contributed by atoms with E-state index in [0.717, 1.165) is 25.2 Å². The summed E-state index contributed by atoms with van der Waals surface area (Å²) in [4.78, 5) is 0. The van der Waals surface area contributed by atoms with Crippen LogP contribution in [-0.2, 0) is 10.2 Å². The Morgan fingerprint density at radius 1 is 1.14 bits per heavy atom. The highest BCUT2D eigenvalue weighted by Gasteiger charge is 2.27. The van der Waals surface area contributed by atoms with Gasteiger partial charge in [-0.3, -0.25) is 0 Å². The van der Waals surface area contributed by atoms with Gasteiger partial charge in [0.05, 0.1) is 0 Å². The van der Waals surface area contributed by atoms with Gasteiger partial charge in [-0.1, -0.05) is 26.2 Å². The number of nitrogens with two attached hydrogens (primary N) is 1. The smallest absolute Gasteiger partial charge is 0.279 e. The van der Waals surface area contributed by atoms with Crippen molar-refractivity contribution in [3.63, 3.8) is 0 Å². The largest absolute Gasteiger partial charge is 0.330 e. The monoisotopic (exact) mass is 317 g/mol. The van der Waals surface area contributed by atoms with E-state index in [1.54, 1.807) is 4.31 Å². The number of piperidine rings is 1. The van der Waals surface area contributed by atoms with Crippen LogP contribution >= 0.6 is 0 Å². The van der Waals surface area contributed by atoms with Gasteiger partial charge < -0.3 is 5.73 Å². The van der Waals surface area contributed by atoms with Crippen LogP contribution in [0.15, 0.2) is 0 Å². The van der Waals surface area contributed by atoms with E-state index in [9.17, 15) is 8.42 Å². The molecule has 0 aromatic carbocycles. The molecule has 0 bridgehead atoms. The zero-order valence-electron chi connectivity index (χ0n) is 13.3. The van der Waals surface area contributed by atoms with Crippen molar-refractivity contribution < 1.29 is 8.42 Å². The van der Waals surface area contributed by atoms with E-state index in [0.29, 0.717) is 38.0 Å². The number of nitrogens with one attached hydrogen (secondary N) is 1. The summed E-state index contributed by atoms with van der Waals surface area (Å²) in [5.41, 5.74) is 5.65. The van der Waals surface area contributed by atoms with Gasteiger partial charge in [-0.05, 0) is 50.0 Å². The highest BCUT2D eigenvalue weighted by Crippen LogP contribution is 2.30. The summed E-state index contributed by atoms with van der Waals surface area (Å²) in [6, 6.07) is 0. The molecular formula is C15H31N3O2S. The van der Waals surface area contributed by atoms with Gasteiger partial charge in [0.2, 0.25) is 0 Å². The molecule has 0 radical (unpaired) electrons. The molecule has 3 N–H and O–H groups in total. The lowest BCUT2D eigenvalue weighted by atomic mass is 9.81. The second kappa shape index (κ2) is 7.90. The minimum Gasteiger partial charge on any atom is -0.330 e. The van der Waals surface area contributed by atoms with Crippen molar-refractivity contribution in [2.75, 3.05) is 26.2 Å². The Bertz CT molecular complexity index is 405. The average Bonchev–Trinajstić information content (AvgIpc) is 2.47. The van der Waals surface area contributed by atoms with Crippen molar-refractivity contribution in [1.29, 1.82) is 0 Å². The second-order valence-electron chi connectivity index (χ2n) is 6.90. The molecule has 124 valence electrons. The molecule has 2 fully saturated rings. The summed E-state index contributed by atoms with van der Waals surface area (Å²) >= 11 is 0. The SMILES string of the molecule is CC1CCCC(CCNS(=O)(=O)N2CCC(CN)CC2)C1. The van der Waals surface area contributed by atoms with E-state index in [1.807, 2.05) is 0 Å². The highest BCUT2D eigenvalue weighted by molar-refractivity contribution is 7.87. The third-order valence-electron chi connectivity index (χ3n) is 5.13. The minimum atomic E-state index is -3.29. The first-order chi connectivity index (χ1) is 10.0. The van der Waals surface area contributed by atoms with E-state index in [-0.39, 0.29) is 0 Å². The fourth-order valence-corrected chi connectivity index (χ4v) is 4.94. The molecule has 2 aliphatic rings.